The first kappa shape index (κ1) is 15.6. The summed E-state index contributed by atoms with van der Waals surface area (Å²) in [6.07, 6.45) is 6.05. The van der Waals surface area contributed by atoms with E-state index in [1.54, 1.807) is 24.4 Å². The molecule has 0 aliphatic carbocycles. The molecule has 0 saturated heterocycles. The Morgan fingerprint density at radius 3 is 2.87 bits per heavy atom. The van der Waals surface area contributed by atoms with Crippen molar-refractivity contribution in [2.24, 2.45) is 0 Å². The van der Waals surface area contributed by atoms with Crippen LogP contribution in [0.15, 0.2) is 54.4 Å². The van der Waals surface area contributed by atoms with E-state index < -0.39 is 5.82 Å². The molecule has 0 fully saturated rings. The first-order valence-corrected chi connectivity index (χ1v) is 7.75. The Kier molecular flexibility index (Phi) is 4.35. The lowest BCUT2D eigenvalue weighted by Crippen LogP contribution is -2.25. The van der Waals surface area contributed by atoms with Gasteiger partial charge in [-0.2, -0.15) is 0 Å². The van der Waals surface area contributed by atoms with Crippen LogP contribution in [-0.2, 0) is 6.42 Å². The fourth-order valence-electron chi connectivity index (χ4n) is 2.59. The number of anilines is 1. The van der Waals surface area contributed by atoms with Crippen LogP contribution in [0.4, 0.5) is 10.1 Å². The monoisotopic (exact) mass is 330 g/mol. The Morgan fingerprint density at radius 1 is 1.30 bits per heavy atom. The number of pyridine rings is 1. The van der Waals surface area contributed by atoms with Crippen molar-refractivity contribution in [3.8, 4) is 0 Å². The number of aromatic nitrogens is 1. The van der Waals surface area contributed by atoms with Crippen LogP contribution in [0.1, 0.15) is 18.2 Å². The lowest BCUT2D eigenvalue weighted by molar-refractivity contribution is 0.431. The van der Waals surface area contributed by atoms with E-state index in [1.165, 1.54) is 6.07 Å². The molecular formula is C18H16ClFN2O. The smallest absolute Gasteiger partial charge is 0.141 e. The first-order chi connectivity index (χ1) is 11.1. The zero-order valence-corrected chi connectivity index (χ0v) is 13.4. The summed E-state index contributed by atoms with van der Waals surface area (Å²) in [6, 6.07) is 8.33. The van der Waals surface area contributed by atoms with Crippen LogP contribution in [0.2, 0.25) is 5.02 Å². The topological polar surface area (TPSA) is 36.4 Å². The summed E-state index contributed by atoms with van der Waals surface area (Å²) >= 11 is 5.90. The summed E-state index contributed by atoms with van der Waals surface area (Å²) in [6.45, 7) is 2.59. The molecule has 0 radical (unpaired) electrons. The highest BCUT2D eigenvalue weighted by molar-refractivity contribution is 6.31. The van der Waals surface area contributed by atoms with Gasteiger partial charge in [0.1, 0.15) is 11.6 Å². The quantitative estimate of drug-likeness (QED) is 0.883. The van der Waals surface area contributed by atoms with Gasteiger partial charge in [0.25, 0.3) is 0 Å². The zero-order chi connectivity index (χ0) is 16.4. The minimum atomic E-state index is -0.463. The third-order valence-corrected chi connectivity index (χ3v) is 4.03. The molecule has 2 heterocycles. The molecule has 3 rings (SSSR count). The van der Waals surface area contributed by atoms with Gasteiger partial charge in [-0.05, 0) is 42.8 Å². The van der Waals surface area contributed by atoms with Gasteiger partial charge >= 0.3 is 0 Å². The molecule has 23 heavy (non-hydrogen) atoms. The minimum absolute atomic E-state index is 0.0554. The molecule has 1 aromatic carbocycles. The Balaban J connectivity index is 2.09. The number of benzene rings is 1. The number of hydrogen-bond acceptors (Lipinski definition) is 3. The number of aryl methyl sites for hydroxylation is 1. The van der Waals surface area contributed by atoms with E-state index in [-0.39, 0.29) is 10.8 Å². The largest absolute Gasteiger partial charge is 0.506 e. The van der Waals surface area contributed by atoms with Crippen LogP contribution in [0.25, 0.3) is 5.70 Å². The Hall–Kier alpha value is -2.33. The van der Waals surface area contributed by atoms with E-state index in [1.807, 2.05) is 30.0 Å². The van der Waals surface area contributed by atoms with Gasteiger partial charge in [-0.15, -0.1) is 0 Å². The van der Waals surface area contributed by atoms with Crippen LogP contribution in [0.3, 0.4) is 0 Å². The van der Waals surface area contributed by atoms with Gasteiger partial charge in [0.2, 0.25) is 0 Å². The lowest BCUT2D eigenvalue weighted by Gasteiger charge is -2.30. The van der Waals surface area contributed by atoms with Crippen molar-refractivity contribution in [2.75, 3.05) is 11.4 Å². The van der Waals surface area contributed by atoms with Crippen LogP contribution in [-0.4, -0.2) is 16.6 Å². The van der Waals surface area contributed by atoms with E-state index in [4.69, 9.17) is 11.6 Å². The predicted octanol–water partition coefficient (Wildman–Crippen LogP) is 4.74. The van der Waals surface area contributed by atoms with Gasteiger partial charge in [0.05, 0.1) is 10.7 Å². The number of hydrogen-bond donors (Lipinski definition) is 1. The van der Waals surface area contributed by atoms with Crippen LogP contribution >= 0.6 is 11.6 Å². The van der Waals surface area contributed by atoms with Gasteiger partial charge in [-0.1, -0.05) is 24.6 Å². The van der Waals surface area contributed by atoms with E-state index in [0.29, 0.717) is 12.2 Å². The maximum absolute atomic E-state index is 13.4. The highest BCUT2D eigenvalue weighted by Crippen LogP contribution is 2.33. The van der Waals surface area contributed by atoms with Gasteiger partial charge in [-0.25, -0.2) is 4.39 Å². The molecule has 1 aromatic heterocycles. The maximum Gasteiger partial charge on any atom is 0.141 e. The van der Waals surface area contributed by atoms with E-state index in [0.717, 1.165) is 23.4 Å². The molecule has 0 spiro atoms. The molecule has 3 nitrogen and oxygen atoms in total. The van der Waals surface area contributed by atoms with E-state index >= 15 is 0 Å². The van der Waals surface area contributed by atoms with Crippen molar-refractivity contribution in [3.63, 3.8) is 0 Å². The van der Waals surface area contributed by atoms with Gasteiger partial charge in [-0.3, -0.25) is 4.98 Å². The van der Waals surface area contributed by atoms with Crippen molar-refractivity contribution >= 4 is 23.0 Å². The molecule has 0 amide bonds. The minimum Gasteiger partial charge on any atom is -0.506 e. The summed E-state index contributed by atoms with van der Waals surface area (Å²) in [4.78, 5) is 6.19. The van der Waals surface area contributed by atoms with Crippen molar-refractivity contribution in [3.05, 3.63) is 76.5 Å². The third-order valence-electron chi connectivity index (χ3n) is 3.74. The highest BCUT2D eigenvalue weighted by atomic mass is 35.5. The first-order valence-electron chi connectivity index (χ1n) is 7.38. The summed E-state index contributed by atoms with van der Waals surface area (Å²) in [5, 5.41) is 10.4. The molecule has 5 heteroatoms. The second-order valence-electron chi connectivity index (χ2n) is 5.23. The average molecular weight is 331 g/mol. The molecule has 2 aromatic rings. The zero-order valence-electron chi connectivity index (χ0n) is 12.6. The molecule has 1 aliphatic rings. The molecular weight excluding hydrogens is 315 g/mol. The van der Waals surface area contributed by atoms with Crippen LogP contribution in [0, 0.1) is 5.82 Å². The van der Waals surface area contributed by atoms with Crippen LogP contribution < -0.4 is 4.90 Å². The Labute approximate surface area is 139 Å². The molecule has 1 N–H and O–H groups in total. The average Bonchev–Trinajstić information content (AvgIpc) is 2.57. The van der Waals surface area contributed by atoms with Gasteiger partial charge in [0.15, 0.2) is 0 Å². The standard InChI is InChI=1S/C18H16ClFN2O/c1-2-13-10-12(7-8-21-13)18-17(23)4-3-9-22(18)14-5-6-16(20)15(19)11-14/h3-8,10-11,23H,2,9H2,1H3. The van der Waals surface area contributed by atoms with Crippen molar-refractivity contribution in [1.29, 1.82) is 0 Å². The number of rotatable bonds is 3. The Morgan fingerprint density at radius 2 is 2.13 bits per heavy atom. The fraction of sp³-hybridized carbons (Fsp3) is 0.167. The second kappa shape index (κ2) is 6.42. The van der Waals surface area contributed by atoms with Crippen LogP contribution in [0.5, 0.6) is 0 Å². The van der Waals surface area contributed by atoms with Gasteiger partial charge in [0, 0.05) is 29.7 Å². The number of allylic oxidation sites excluding steroid dienone is 1. The molecule has 0 unspecified atom stereocenters. The molecule has 1 aliphatic heterocycles. The molecule has 0 atom stereocenters. The van der Waals surface area contributed by atoms with Crippen molar-refractivity contribution in [2.45, 2.75) is 13.3 Å². The number of aliphatic hydroxyl groups excluding tert-OH is 1. The van der Waals surface area contributed by atoms with Gasteiger partial charge < -0.3 is 10.0 Å². The normalized spacial score (nSPS) is 14.5. The summed E-state index contributed by atoms with van der Waals surface area (Å²) in [7, 11) is 0. The number of halogens is 2. The maximum atomic E-state index is 13.4. The van der Waals surface area contributed by atoms with E-state index in [9.17, 15) is 9.50 Å². The summed E-state index contributed by atoms with van der Waals surface area (Å²) < 4.78 is 13.4. The lowest BCUT2D eigenvalue weighted by atomic mass is 10.1. The Bertz CT molecular complexity index is 801. The molecule has 0 saturated carbocycles. The van der Waals surface area contributed by atoms with E-state index in [2.05, 4.69) is 4.98 Å². The number of aliphatic hydroxyl groups is 1. The SMILES string of the molecule is CCc1cc(C2=C(O)C=CCN2c2ccc(F)c(Cl)c2)ccn1. The second-order valence-corrected chi connectivity index (χ2v) is 5.64. The fourth-order valence-corrected chi connectivity index (χ4v) is 2.76. The summed E-state index contributed by atoms with van der Waals surface area (Å²) in [5.41, 5.74) is 3.18. The van der Waals surface area contributed by atoms with Crippen molar-refractivity contribution < 1.29 is 9.50 Å². The molecule has 0 bridgehead atoms. The number of nitrogens with zero attached hydrogens (tertiary/aromatic N) is 2. The highest BCUT2D eigenvalue weighted by Gasteiger charge is 2.21. The summed E-state index contributed by atoms with van der Waals surface area (Å²) in [5.74, 6) is -0.306. The third kappa shape index (κ3) is 3.08. The van der Waals surface area contributed by atoms with Crippen molar-refractivity contribution in [1.82, 2.24) is 4.98 Å². The molecule has 118 valence electrons. The predicted molar refractivity (Wildman–Crippen MR) is 91.1 cm³/mol.